The van der Waals surface area contributed by atoms with Gasteiger partial charge in [-0.3, -0.25) is 0 Å². The number of hydrogen-bond acceptors (Lipinski definition) is 4. The molecule has 2 heterocycles. The quantitative estimate of drug-likeness (QED) is 0.637. The molecule has 0 aliphatic carbocycles. The summed E-state index contributed by atoms with van der Waals surface area (Å²) in [7, 11) is -3.45. The van der Waals surface area contributed by atoms with Crippen LogP contribution in [0.5, 0.6) is 0 Å². The van der Waals surface area contributed by atoms with Crippen molar-refractivity contribution in [1.29, 1.82) is 0 Å². The number of anilines is 1. The van der Waals surface area contributed by atoms with E-state index in [-0.39, 0.29) is 6.04 Å². The van der Waals surface area contributed by atoms with E-state index in [0.29, 0.717) is 37.2 Å². The Hall–Kier alpha value is -1.41. The molecule has 2 aromatic rings. The Kier molecular flexibility index (Phi) is 6.02. The van der Waals surface area contributed by atoms with Crippen LogP contribution in [0.25, 0.3) is 0 Å². The molecule has 0 unspecified atom stereocenters. The standard InChI is InChI=1S/C22H27BrN2O3S/c1-16(2)17-3-6-21(7-4-17)29(26,27)24-11-9-20(10-12-24)25-15-28-14-18-13-19(23)5-8-22(18)25/h3-8,13,16,20H,9-12,14-15H2,1-2H3. The summed E-state index contributed by atoms with van der Waals surface area (Å²) >= 11 is 3.52. The van der Waals surface area contributed by atoms with Gasteiger partial charge in [0.25, 0.3) is 0 Å². The number of halogens is 1. The second-order valence-electron chi connectivity index (χ2n) is 8.08. The molecular formula is C22H27BrN2O3S. The molecule has 29 heavy (non-hydrogen) atoms. The van der Waals surface area contributed by atoms with Gasteiger partial charge in [0.15, 0.2) is 0 Å². The molecule has 0 bridgehead atoms. The highest BCUT2D eigenvalue weighted by molar-refractivity contribution is 9.10. The van der Waals surface area contributed by atoms with Gasteiger partial charge in [0.1, 0.15) is 6.73 Å². The lowest BCUT2D eigenvalue weighted by Gasteiger charge is -2.41. The van der Waals surface area contributed by atoms with E-state index in [2.05, 4.69) is 52.9 Å². The fraction of sp³-hybridized carbons (Fsp3) is 0.455. The van der Waals surface area contributed by atoms with E-state index >= 15 is 0 Å². The summed E-state index contributed by atoms with van der Waals surface area (Å²) in [5.74, 6) is 0.387. The Bertz CT molecular complexity index is 968. The molecule has 1 fully saturated rings. The van der Waals surface area contributed by atoms with Crippen molar-refractivity contribution in [2.24, 2.45) is 0 Å². The lowest BCUT2D eigenvalue weighted by atomic mass is 10.0. The molecule has 0 spiro atoms. The fourth-order valence-corrected chi connectivity index (χ4v) is 6.02. The van der Waals surface area contributed by atoms with Gasteiger partial charge < -0.3 is 9.64 Å². The minimum absolute atomic E-state index is 0.282. The van der Waals surface area contributed by atoms with Crippen LogP contribution in [0.15, 0.2) is 51.8 Å². The molecule has 5 nitrogen and oxygen atoms in total. The van der Waals surface area contributed by atoms with Gasteiger partial charge in [-0.15, -0.1) is 0 Å². The van der Waals surface area contributed by atoms with Crippen LogP contribution >= 0.6 is 15.9 Å². The second-order valence-corrected chi connectivity index (χ2v) is 10.9. The topological polar surface area (TPSA) is 49.9 Å². The van der Waals surface area contributed by atoms with Gasteiger partial charge in [-0.1, -0.05) is 41.9 Å². The maximum atomic E-state index is 13.1. The first-order chi connectivity index (χ1) is 13.9. The van der Waals surface area contributed by atoms with Crippen molar-refractivity contribution in [2.45, 2.75) is 50.2 Å². The maximum absolute atomic E-state index is 13.1. The first kappa shape index (κ1) is 20.8. The van der Waals surface area contributed by atoms with Gasteiger partial charge in [0, 0.05) is 34.9 Å². The summed E-state index contributed by atoms with van der Waals surface area (Å²) in [5.41, 5.74) is 3.52. The number of piperidine rings is 1. The zero-order valence-corrected chi connectivity index (χ0v) is 19.2. The van der Waals surface area contributed by atoms with Crippen LogP contribution in [0.1, 0.15) is 43.7 Å². The van der Waals surface area contributed by atoms with Crippen LogP contribution in [0.2, 0.25) is 0 Å². The van der Waals surface area contributed by atoms with E-state index in [0.717, 1.165) is 22.9 Å². The average molecular weight is 479 g/mol. The van der Waals surface area contributed by atoms with Crippen LogP contribution in [-0.2, 0) is 21.4 Å². The zero-order valence-electron chi connectivity index (χ0n) is 16.8. The minimum Gasteiger partial charge on any atom is -0.356 e. The summed E-state index contributed by atoms with van der Waals surface area (Å²) < 4.78 is 34.6. The third kappa shape index (κ3) is 4.24. The summed E-state index contributed by atoms with van der Waals surface area (Å²) in [6.07, 6.45) is 1.59. The van der Waals surface area contributed by atoms with Gasteiger partial charge in [0.2, 0.25) is 10.0 Å². The van der Waals surface area contributed by atoms with Crippen molar-refractivity contribution in [3.8, 4) is 0 Å². The molecule has 0 atom stereocenters. The van der Waals surface area contributed by atoms with Crippen LogP contribution in [0, 0.1) is 0 Å². The molecular weight excluding hydrogens is 452 g/mol. The molecule has 156 valence electrons. The summed E-state index contributed by atoms with van der Waals surface area (Å²) in [6, 6.07) is 13.9. The van der Waals surface area contributed by atoms with Crippen molar-refractivity contribution in [1.82, 2.24) is 4.31 Å². The molecule has 0 saturated carbocycles. The predicted octanol–water partition coefficient (Wildman–Crippen LogP) is 4.72. The monoisotopic (exact) mass is 478 g/mol. The van der Waals surface area contributed by atoms with E-state index in [4.69, 9.17) is 4.74 Å². The highest BCUT2D eigenvalue weighted by Crippen LogP contribution is 2.33. The molecule has 0 amide bonds. The van der Waals surface area contributed by atoms with Gasteiger partial charge in [-0.05, 0) is 54.7 Å². The van der Waals surface area contributed by atoms with Crippen LogP contribution < -0.4 is 4.90 Å². The average Bonchev–Trinajstić information content (AvgIpc) is 2.73. The summed E-state index contributed by atoms with van der Waals surface area (Å²) in [4.78, 5) is 2.67. The highest BCUT2D eigenvalue weighted by atomic mass is 79.9. The Morgan fingerprint density at radius 1 is 1.07 bits per heavy atom. The summed E-state index contributed by atoms with van der Waals surface area (Å²) in [5, 5.41) is 0. The van der Waals surface area contributed by atoms with E-state index in [1.165, 1.54) is 11.3 Å². The van der Waals surface area contributed by atoms with Gasteiger partial charge in [0.05, 0.1) is 11.5 Å². The minimum atomic E-state index is -3.45. The van der Waals surface area contributed by atoms with Crippen LogP contribution in [0.3, 0.4) is 0 Å². The van der Waals surface area contributed by atoms with Crippen molar-refractivity contribution in [3.63, 3.8) is 0 Å². The third-order valence-corrected chi connectivity index (χ3v) is 8.29. The largest absolute Gasteiger partial charge is 0.356 e. The molecule has 7 heteroatoms. The fourth-order valence-electron chi connectivity index (χ4n) is 4.14. The molecule has 4 rings (SSSR count). The van der Waals surface area contributed by atoms with Crippen molar-refractivity contribution < 1.29 is 13.2 Å². The Labute approximate surface area is 181 Å². The first-order valence-corrected chi connectivity index (χ1v) is 12.3. The second kappa shape index (κ2) is 8.38. The number of benzene rings is 2. The van der Waals surface area contributed by atoms with Crippen LogP contribution in [0.4, 0.5) is 5.69 Å². The third-order valence-electron chi connectivity index (χ3n) is 5.89. The first-order valence-electron chi connectivity index (χ1n) is 10.1. The normalized spacial score (nSPS) is 18.8. The molecule has 1 saturated heterocycles. The Morgan fingerprint density at radius 2 is 1.76 bits per heavy atom. The lowest BCUT2D eigenvalue weighted by molar-refractivity contribution is 0.0987. The SMILES string of the molecule is CC(C)c1ccc(S(=O)(=O)N2CCC(N3COCc4cc(Br)ccc43)CC2)cc1. The lowest BCUT2D eigenvalue weighted by Crippen LogP contribution is -2.48. The number of ether oxygens (including phenoxy) is 1. The van der Waals surface area contributed by atoms with E-state index in [1.807, 2.05) is 12.1 Å². The molecule has 0 N–H and O–H groups in total. The number of hydrogen-bond donors (Lipinski definition) is 0. The molecule has 0 aromatic heterocycles. The number of fused-ring (bicyclic) bond motifs is 1. The molecule has 2 aromatic carbocycles. The number of rotatable bonds is 4. The van der Waals surface area contributed by atoms with Crippen molar-refractivity contribution in [2.75, 3.05) is 24.7 Å². The Morgan fingerprint density at radius 3 is 2.41 bits per heavy atom. The van der Waals surface area contributed by atoms with E-state index in [9.17, 15) is 8.42 Å². The molecule has 2 aliphatic rings. The molecule has 0 radical (unpaired) electrons. The zero-order chi connectivity index (χ0) is 20.6. The smallest absolute Gasteiger partial charge is 0.243 e. The Balaban J connectivity index is 1.46. The number of nitrogens with zero attached hydrogens (tertiary/aromatic N) is 2. The van der Waals surface area contributed by atoms with Crippen LogP contribution in [-0.4, -0.2) is 38.6 Å². The maximum Gasteiger partial charge on any atom is 0.243 e. The highest BCUT2D eigenvalue weighted by Gasteiger charge is 2.33. The summed E-state index contributed by atoms with van der Waals surface area (Å²) in [6.45, 7) is 6.45. The van der Waals surface area contributed by atoms with Crippen molar-refractivity contribution >= 4 is 31.6 Å². The van der Waals surface area contributed by atoms with Crippen molar-refractivity contribution in [3.05, 3.63) is 58.1 Å². The predicted molar refractivity (Wildman–Crippen MR) is 119 cm³/mol. The van der Waals surface area contributed by atoms with Gasteiger partial charge in [-0.25, -0.2) is 8.42 Å². The number of sulfonamides is 1. The van der Waals surface area contributed by atoms with Gasteiger partial charge >= 0.3 is 0 Å². The van der Waals surface area contributed by atoms with E-state index in [1.54, 1.807) is 16.4 Å². The van der Waals surface area contributed by atoms with Gasteiger partial charge in [-0.2, -0.15) is 4.31 Å². The molecule has 2 aliphatic heterocycles. The van der Waals surface area contributed by atoms with E-state index < -0.39 is 10.0 Å².